The Hall–Kier alpha value is -0.880. The van der Waals surface area contributed by atoms with E-state index in [1.54, 1.807) is 0 Å². The largest absolute Gasteiger partial charge is 0.465 e. The van der Waals surface area contributed by atoms with E-state index in [1.165, 1.54) is 25.9 Å². The van der Waals surface area contributed by atoms with E-state index in [9.17, 15) is 0 Å². The zero-order chi connectivity index (χ0) is 17.1. The van der Waals surface area contributed by atoms with Gasteiger partial charge in [-0.3, -0.25) is 4.90 Å². The average molecular weight is 348 g/mol. The molecule has 5 heteroatoms. The van der Waals surface area contributed by atoms with Crippen LogP contribution in [0.2, 0.25) is 0 Å². The number of hydrogen-bond donors (Lipinski definition) is 0. The molecule has 0 radical (unpaired) electrons. The monoisotopic (exact) mass is 348 g/mol. The topological polar surface area (TPSA) is 38.1 Å². The summed E-state index contributed by atoms with van der Waals surface area (Å²) in [5.41, 5.74) is 0.0634. The molecule has 0 N–H and O–H groups in total. The predicted molar refractivity (Wildman–Crippen MR) is 96.7 cm³/mol. The number of piperidine rings is 1. The lowest BCUT2D eigenvalue weighted by molar-refractivity contribution is -0.0475. The van der Waals surface area contributed by atoms with Crippen molar-refractivity contribution in [2.75, 3.05) is 45.9 Å². The molecule has 0 unspecified atom stereocenters. The van der Waals surface area contributed by atoms with Crippen molar-refractivity contribution in [1.82, 2.24) is 9.80 Å². The van der Waals surface area contributed by atoms with Crippen molar-refractivity contribution in [2.24, 2.45) is 0 Å². The standard InChI is InChI=1S/C20H32N2O3/c1-17-4-5-18(25-17)15-22-10-6-20(7-11-22)14-19(16-24-20)23-13-12-21-8-2-3-9-21/h4-5,19H,2-3,6-16H2,1H3/t19-/m0/s1. The smallest absolute Gasteiger partial charge is 0.118 e. The third-order valence-corrected chi connectivity index (χ3v) is 6.08. The molecule has 0 saturated carbocycles. The van der Waals surface area contributed by atoms with Gasteiger partial charge in [0, 0.05) is 26.1 Å². The molecule has 5 nitrogen and oxygen atoms in total. The van der Waals surface area contributed by atoms with E-state index in [2.05, 4.69) is 15.9 Å². The molecule has 3 saturated heterocycles. The Balaban J connectivity index is 1.18. The van der Waals surface area contributed by atoms with E-state index in [0.717, 1.165) is 70.2 Å². The molecule has 1 aromatic heterocycles. The minimum atomic E-state index is 0.0634. The Morgan fingerprint density at radius 1 is 1.12 bits per heavy atom. The van der Waals surface area contributed by atoms with Crippen LogP contribution in [0.3, 0.4) is 0 Å². The highest BCUT2D eigenvalue weighted by Crippen LogP contribution is 2.37. The van der Waals surface area contributed by atoms with Gasteiger partial charge in [0.2, 0.25) is 0 Å². The summed E-state index contributed by atoms with van der Waals surface area (Å²) >= 11 is 0. The van der Waals surface area contributed by atoms with Gasteiger partial charge >= 0.3 is 0 Å². The zero-order valence-corrected chi connectivity index (χ0v) is 15.5. The molecule has 0 aromatic carbocycles. The highest BCUT2D eigenvalue weighted by atomic mass is 16.6. The van der Waals surface area contributed by atoms with Gasteiger partial charge in [0.1, 0.15) is 11.5 Å². The second-order valence-corrected chi connectivity index (χ2v) is 8.03. The zero-order valence-electron chi connectivity index (χ0n) is 15.5. The summed E-state index contributed by atoms with van der Waals surface area (Å²) in [7, 11) is 0. The molecule has 0 bridgehead atoms. The first-order valence-corrected chi connectivity index (χ1v) is 9.96. The lowest BCUT2D eigenvalue weighted by Crippen LogP contribution is -2.43. The summed E-state index contributed by atoms with van der Waals surface area (Å²) in [6.07, 6.45) is 6.28. The van der Waals surface area contributed by atoms with Crippen LogP contribution in [-0.2, 0) is 16.0 Å². The Morgan fingerprint density at radius 2 is 1.92 bits per heavy atom. The second kappa shape index (κ2) is 7.78. The number of nitrogens with zero attached hydrogens (tertiary/aromatic N) is 2. The Bertz CT molecular complexity index is 545. The second-order valence-electron chi connectivity index (χ2n) is 8.03. The summed E-state index contributed by atoms with van der Waals surface area (Å²) in [5.74, 6) is 2.07. The highest BCUT2D eigenvalue weighted by molar-refractivity contribution is 5.06. The molecule has 25 heavy (non-hydrogen) atoms. The van der Waals surface area contributed by atoms with Gasteiger partial charge in [-0.05, 0) is 57.8 Å². The quantitative estimate of drug-likeness (QED) is 0.790. The number of aryl methyl sites for hydroxylation is 1. The Labute approximate surface area is 151 Å². The minimum Gasteiger partial charge on any atom is -0.465 e. The molecule has 1 atom stereocenters. The van der Waals surface area contributed by atoms with Crippen LogP contribution in [0.1, 0.15) is 43.6 Å². The molecule has 3 fully saturated rings. The summed E-state index contributed by atoms with van der Waals surface area (Å²) in [5, 5.41) is 0. The maximum atomic E-state index is 6.23. The number of hydrogen-bond acceptors (Lipinski definition) is 5. The van der Waals surface area contributed by atoms with Crippen LogP contribution in [-0.4, -0.2) is 67.4 Å². The van der Waals surface area contributed by atoms with Crippen molar-refractivity contribution in [1.29, 1.82) is 0 Å². The van der Waals surface area contributed by atoms with E-state index < -0.39 is 0 Å². The first-order chi connectivity index (χ1) is 12.2. The van der Waals surface area contributed by atoms with Gasteiger partial charge in [-0.15, -0.1) is 0 Å². The molecule has 140 valence electrons. The van der Waals surface area contributed by atoms with E-state index in [1.807, 2.05) is 13.0 Å². The fourth-order valence-electron chi connectivity index (χ4n) is 4.52. The SMILES string of the molecule is Cc1ccc(CN2CCC3(CC2)C[C@H](OCCN2CCCC2)CO3)o1. The Morgan fingerprint density at radius 3 is 2.64 bits per heavy atom. The number of furan rings is 1. The van der Waals surface area contributed by atoms with Crippen LogP contribution in [0, 0.1) is 6.92 Å². The lowest BCUT2D eigenvalue weighted by Gasteiger charge is -2.38. The highest BCUT2D eigenvalue weighted by Gasteiger charge is 2.43. The van der Waals surface area contributed by atoms with E-state index in [4.69, 9.17) is 13.9 Å². The van der Waals surface area contributed by atoms with Crippen molar-refractivity contribution in [3.05, 3.63) is 23.7 Å². The summed E-state index contributed by atoms with van der Waals surface area (Å²) in [4.78, 5) is 4.99. The number of likely N-dealkylation sites (tertiary alicyclic amines) is 2. The van der Waals surface area contributed by atoms with Crippen molar-refractivity contribution in [2.45, 2.75) is 57.3 Å². The van der Waals surface area contributed by atoms with Gasteiger partial charge < -0.3 is 18.8 Å². The molecular formula is C20H32N2O3. The molecule has 1 aromatic rings. The van der Waals surface area contributed by atoms with Crippen LogP contribution < -0.4 is 0 Å². The van der Waals surface area contributed by atoms with Crippen LogP contribution >= 0.6 is 0 Å². The molecule has 0 aliphatic carbocycles. The van der Waals surface area contributed by atoms with Gasteiger partial charge in [0.15, 0.2) is 0 Å². The fourth-order valence-corrected chi connectivity index (χ4v) is 4.52. The predicted octanol–water partition coefficient (Wildman–Crippen LogP) is 2.82. The molecule has 4 rings (SSSR count). The molecular weight excluding hydrogens is 316 g/mol. The van der Waals surface area contributed by atoms with Crippen LogP contribution in [0.25, 0.3) is 0 Å². The van der Waals surface area contributed by atoms with Crippen molar-refractivity contribution < 1.29 is 13.9 Å². The van der Waals surface area contributed by atoms with E-state index >= 15 is 0 Å². The normalized spacial score (nSPS) is 27.5. The first kappa shape index (κ1) is 17.5. The summed E-state index contributed by atoms with van der Waals surface area (Å²) < 4.78 is 18.1. The molecule has 3 aliphatic heterocycles. The first-order valence-electron chi connectivity index (χ1n) is 9.96. The molecule has 4 heterocycles. The van der Waals surface area contributed by atoms with E-state index in [0.29, 0.717) is 6.10 Å². The third-order valence-electron chi connectivity index (χ3n) is 6.08. The maximum absolute atomic E-state index is 6.23. The van der Waals surface area contributed by atoms with Crippen molar-refractivity contribution in [3.63, 3.8) is 0 Å². The van der Waals surface area contributed by atoms with Gasteiger partial charge in [-0.25, -0.2) is 0 Å². The Kier molecular flexibility index (Phi) is 5.46. The summed E-state index contributed by atoms with van der Waals surface area (Å²) in [6.45, 7) is 10.3. The average Bonchev–Trinajstić information content (AvgIpc) is 3.34. The van der Waals surface area contributed by atoms with Crippen molar-refractivity contribution >= 4 is 0 Å². The summed E-state index contributed by atoms with van der Waals surface area (Å²) in [6, 6.07) is 4.14. The van der Waals surface area contributed by atoms with Crippen LogP contribution in [0.4, 0.5) is 0 Å². The van der Waals surface area contributed by atoms with Gasteiger partial charge in [-0.1, -0.05) is 0 Å². The van der Waals surface area contributed by atoms with Gasteiger partial charge in [0.25, 0.3) is 0 Å². The lowest BCUT2D eigenvalue weighted by atomic mass is 9.88. The fraction of sp³-hybridized carbons (Fsp3) is 0.800. The molecule has 0 amide bonds. The van der Waals surface area contributed by atoms with E-state index in [-0.39, 0.29) is 5.60 Å². The number of rotatable bonds is 6. The maximum Gasteiger partial charge on any atom is 0.118 e. The van der Waals surface area contributed by atoms with Gasteiger partial charge in [-0.2, -0.15) is 0 Å². The minimum absolute atomic E-state index is 0.0634. The number of ether oxygens (including phenoxy) is 2. The van der Waals surface area contributed by atoms with Crippen molar-refractivity contribution in [3.8, 4) is 0 Å². The molecule has 3 aliphatic rings. The molecule has 1 spiro atoms. The van der Waals surface area contributed by atoms with Crippen LogP contribution in [0.15, 0.2) is 16.5 Å². The van der Waals surface area contributed by atoms with Crippen LogP contribution in [0.5, 0.6) is 0 Å². The van der Waals surface area contributed by atoms with Gasteiger partial charge in [0.05, 0.1) is 31.5 Å². The third kappa shape index (κ3) is 4.45.